The highest BCUT2D eigenvalue weighted by Crippen LogP contribution is 2.26. The smallest absolute Gasteiger partial charge is 0.211 e. The van der Waals surface area contributed by atoms with Crippen molar-refractivity contribution in [3.05, 3.63) is 0 Å². The predicted molar refractivity (Wildman–Crippen MR) is 57.4 cm³/mol. The molecule has 0 atom stereocenters. The first-order chi connectivity index (χ1) is 6.57. The molecule has 0 aromatic heterocycles. The molecule has 1 aliphatic rings. The number of hydrogen-bond donors (Lipinski definition) is 2. The van der Waals surface area contributed by atoms with E-state index in [1.165, 1.54) is 0 Å². The third kappa shape index (κ3) is 3.55. The summed E-state index contributed by atoms with van der Waals surface area (Å²) in [4.78, 5) is 0. The number of nitrogens with two attached hydrogens (primary N) is 1. The number of rotatable bonds is 6. The molecule has 0 unspecified atom stereocenters. The van der Waals surface area contributed by atoms with E-state index in [-0.39, 0.29) is 11.8 Å². The maximum atomic E-state index is 11.4. The van der Waals surface area contributed by atoms with E-state index in [0.29, 0.717) is 12.5 Å². The molecule has 0 saturated heterocycles. The molecule has 0 heterocycles. The van der Waals surface area contributed by atoms with Crippen molar-refractivity contribution >= 4 is 10.0 Å². The fourth-order valence-electron chi connectivity index (χ4n) is 1.67. The van der Waals surface area contributed by atoms with Gasteiger partial charge in [-0.15, -0.1) is 0 Å². The lowest BCUT2D eigenvalue weighted by atomic mass is 9.81. The molecule has 4 nitrogen and oxygen atoms in total. The second kappa shape index (κ2) is 5.09. The van der Waals surface area contributed by atoms with Crippen molar-refractivity contribution in [1.82, 2.24) is 4.72 Å². The summed E-state index contributed by atoms with van der Waals surface area (Å²) in [5.41, 5.74) is 5.46. The van der Waals surface area contributed by atoms with Crippen LogP contribution in [0.4, 0.5) is 0 Å². The second-order valence-corrected chi connectivity index (χ2v) is 5.93. The first-order valence-corrected chi connectivity index (χ1v) is 6.92. The van der Waals surface area contributed by atoms with Crippen LogP contribution in [0.5, 0.6) is 0 Å². The Morgan fingerprint density at radius 1 is 1.43 bits per heavy atom. The lowest BCUT2D eigenvalue weighted by molar-refractivity contribution is 0.255. The molecule has 84 valence electrons. The summed E-state index contributed by atoms with van der Waals surface area (Å²) < 4.78 is 25.6. The summed E-state index contributed by atoms with van der Waals surface area (Å²) in [5.74, 6) is 0.779. The number of hydrogen-bond acceptors (Lipinski definition) is 3. The van der Waals surface area contributed by atoms with Crippen LogP contribution in [0.15, 0.2) is 0 Å². The van der Waals surface area contributed by atoms with E-state index in [1.54, 1.807) is 0 Å². The van der Waals surface area contributed by atoms with Gasteiger partial charge in [0.2, 0.25) is 10.0 Å². The van der Waals surface area contributed by atoms with Gasteiger partial charge in [0.25, 0.3) is 0 Å². The van der Waals surface area contributed by atoms with Gasteiger partial charge in [-0.2, -0.15) is 0 Å². The molecule has 0 aromatic rings. The molecule has 5 heteroatoms. The summed E-state index contributed by atoms with van der Waals surface area (Å²) in [5, 5.41) is 0. The predicted octanol–water partition coefficient (Wildman–Crippen LogP) is 0.443. The zero-order valence-corrected chi connectivity index (χ0v) is 9.52. The van der Waals surface area contributed by atoms with E-state index in [0.717, 1.165) is 25.7 Å². The van der Waals surface area contributed by atoms with E-state index >= 15 is 0 Å². The van der Waals surface area contributed by atoms with E-state index in [9.17, 15) is 8.42 Å². The van der Waals surface area contributed by atoms with Crippen molar-refractivity contribution in [1.29, 1.82) is 0 Å². The van der Waals surface area contributed by atoms with Gasteiger partial charge in [0, 0.05) is 6.04 Å². The standard InChI is InChI=1S/C9H20N2O2S/c1-2-3-4-14(12,13)11-9-5-8(6-9)7-10/h8-9,11H,2-7,10H2,1H3. The first-order valence-electron chi connectivity index (χ1n) is 5.27. The Morgan fingerprint density at radius 2 is 2.07 bits per heavy atom. The van der Waals surface area contributed by atoms with Crippen LogP contribution < -0.4 is 10.5 Å². The van der Waals surface area contributed by atoms with E-state index in [1.807, 2.05) is 6.92 Å². The average Bonchev–Trinajstić information content (AvgIpc) is 2.07. The van der Waals surface area contributed by atoms with Gasteiger partial charge in [-0.05, 0) is 31.7 Å². The Hall–Kier alpha value is -0.130. The van der Waals surface area contributed by atoms with Crippen LogP contribution in [0.2, 0.25) is 0 Å². The monoisotopic (exact) mass is 220 g/mol. The highest BCUT2D eigenvalue weighted by molar-refractivity contribution is 7.89. The van der Waals surface area contributed by atoms with Crippen molar-refractivity contribution in [3.8, 4) is 0 Å². The van der Waals surface area contributed by atoms with Crippen LogP contribution >= 0.6 is 0 Å². The first kappa shape index (κ1) is 11.9. The zero-order valence-electron chi connectivity index (χ0n) is 8.70. The third-order valence-electron chi connectivity index (χ3n) is 2.68. The highest BCUT2D eigenvalue weighted by atomic mass is 32.2. The largest absolute Gasteiger partial charge is 0.330 e. The molecule has 14 heavy (non-hydrogen) atoms. The van der Waals surface area contributed by atoms with E-state index in [2.05, 4.69) is 4.72 Å². The second-order valence-electron chi connectivity index (χ2n) is 4.06. The minimum Gasteiger partial charge on any atom is -0.330 e. The molecule has 3 N–H and O–H groups in total. The summed E-state index contributed by atoms with van der Waals surface area (Å²) >= 11 is 0. The van der Waals surface area contributed by atoms with E-state index < -0.39 is 10.0 Å². The molecule has 0 spiro atoms. The molecule has 1 rings (SSSR count). The van der Waals surface area contributed by atoms with Crippen LogP contribution in [-0.4, -0.2) is 26.8 Å². The van der Waals surface area contributed by atoms with Crippen LogP contribution in [0.3, 0.4) is 0 Å². The van der Waals surface area contributed by atoms with Crippen LogP contribution in [0, 0.1) is 5.92 Å². The van der Waals surface area contributed by atoms with Crippen molar-refractivity contribution in [3.63, 3.8) is 0 Å². The molecule has 1 saturated carbocycles. The SMILES string of the molecule is CCCCS(=O)(=O)NC1CC(CN)C1. The Balaban J connectivity index is 2.24. The van der Waals surface area contributed by atoms with Gasteiger partial charge < -0.3 is 5.73 Å². The third-order valence-corrected chi connectivity index (χ3v) is 4.20. The summed E-state index contributed by atoms with van der Waals surface area (Å²) in [6, 6.07) is 0.144. The van der Waals surface area contributed by atoms with Gasteiger partial charge >= 0.3 is 0 Å². The molecule has 1 aliphatic carbocycles. The molecule has 0 bridgehead atoms. The summed E-state index contributed by atoms with van der Waals surface area (Å²) in [6.45, 7) is 2.66. The Bertz CT molecular complexity index is 258. The molecule has 1 fully saturated rings. The van der Waals surface area contributed by atoms with Crippen molar-refractivity contribution in [2.45, 2.75) is 38.6 Å². The van der Waals surface area contributed by atoms with Crippen molar-refractivity contribution in [2.75, 3.05) is 12.3 Å². The van der Waals surface area contributed by atoms with Gasteiger partial charge in [0.05, 0.1) is 5.75 Å². The topological polar surface area (TPSA) is 72.2 Å². The molecular weight excluding hydrogens is 200 g/mol. The van der Waals surface area contributed by atoms with Crippen LogP contribution in [0.25, 0.3) is 0 Å². The quantitative estimate of drug-likeness (QED) is 0.682. The Labute approximate surface area is 86.3 Å². The van der Waals surface area contributed by atoms with Gasteiger partial charge in [0.15, 0.2) is 0 Å². The number of nitrogens with one attached hydrogen (secondary N) is 1. The maximum Gasteiger partial charge on any atom is 0.211 e. The molecular formula is C9H20N2O2S. The van der Waals surface area contributed by atoms with Crippen LogP contribution in [0.1, 0.15) is 32.6 Å². The average molecular weight is 220 g/mol. The van der Waals surface area contributed by atoms with Gasteiger partial charge in [-0.1, -0.05) is 13.3 Å². The van der Waals surface area contributed by atoms with Crippen molar-refractivity contribution < 1.29 is 8.42 Å². The molecule has 0 aromatic carbocycles. The Morgan fingerprint density at radius 3 is 2.57 bits per heavy atom. The fourth-order valence-corrected chi connectivity index (χ4v) is 3.16. The summed E-state index contributed by atoms with van der Waals surface area (Å²) in [6.07, 6.45) is 3.46. The zero-order chi connectivity index (χ0) is 10.6. The number of sulfonamides is 1. The normalized spacial score (nSPS) is 27.3. The lowest BCUT2D eigenvalue weighted by Gasteiger charge is -2.34. The Kier molecular flexibility index (Phi) is 4.34. The van der Waals surface area contributed by atoms with Gasteiger partial charge in [0.1, 0.15) is 0 Å². The van der Waals surface area contributed by atoms with Gasteiger partial charge in [-0.25, -0.2) is 13.1 Å². The van der Waals surface area contributed by atoms with E-state index in [4.69, 9.17) is 5.73 Å². The highest BCUT2D eigenvalue weighted by Gasteiger charge is 2.30. The molecule has 0 aliphatic heterocycles. The molecule has 0 amide bonds. The fraction of sp³-hybridized carbons (Fsp3) is 1.00. The maximum absolute atomic E-state index is 11.4. The molecule has 0 radical (unpaired) electrons. The lowest BCUT2D eigenvalue weighted by Crippen LogP contribution is -2.46. The van der Waals surface area contributed by atoms with Crippen LogP contribution in [-0.2, 0) is 10.0 Å². The summed E-state index contributed by atoms with van der Waals surface area (Å²) in [7, 11) is -3.03. The minimum atomic E-state index is -3.03. The van der Waals surface area contributed by atoms with Gasteiger partial charge in [-0.3, -0.25) is 0 Å². The van der Waals surface area contributed by atoms with Crippen molar-refractivity contribution in [2.24, 2.45) is 11.7 Å². The number of unbranched alkanes of at least 4 members (excludes halogenated alkanes) is 1. The minimum absolute atomic E-state index is 0.144.